The second-order valence-electron chi connectivity index (χ2n) is 6.31. The number of nitrogens with two attached hydrogens (primary N) is 1. The van der Waals surface area contributed by atoms with Crippen LogP contribution in [0.5, 0.6) is 0 Å². The quantitative estimate of drug-likeness (QED) is 0.893. The average molecular weight is 317 g/mol. The lowest BCUT2D eigenvalue weighted by molar-refractivity contribution is -0.120. The predicted octanol–water partition coefficient (Wildman–Crippen LogP) is 2.22. The number of benzene rings is 1. The van der Waals surface area contributed by atoms with Crippen LogP contribution in [0, 0.1) is 0 Å². The summed E-state index contributed by atoms with van der Waals surface area (Å²) < 4.78 is 0. The molecule has 0 aliphatic carbocycles. The molecule has 4 nitrogen and oxygen atoms in total. The molecule has 2 heterocycles. The van der Waals surface area contributed by atoms with Crippen LogP contribution in [0.25, 0.3) is 0 Å². The Hall–Kier alpha value is -1.33. The molecular formula is C17H23N3OS. The summed E-state index contributed by atoms with van der Waals surface area (Å²) in [7, 11) is 0. The molecule has 0 saturated carbocycles. The van der Waals surface area contributed by atoms with Crippen LogP contribution in [0.4, 0.5) is 0 Å². The Labute approximate surface area is 136 Å². The molecule has 1 aromatic rings. The van der Waals surface area contributed by atoms with Gasteiger partial charge in [0.25, 0.3) is 0 Å². The summed E-state index contributed by atoms with van der Waals surface area (Å²) in [6, 6.07) is 8.32. The van der Waals surface area contributed by atoms with Gasteiger partial charge >= 0.3 is 0 Å². The van der Waals surface area contributed by atoms with E-state index in [1.54, 1.807) is 11.8 Å². The number of hydrogen-bond donors (Lipinski definition) is 2. The van der Waals surface area contributed by atoms with Crippen molar-refractivity contribution in [1.82, 2.24) is 5.32 Å². The van der Waals surface area contributed by atoms with Crippen LogP contribution in [0.15, 0.2) is 29.3 Å². The molecule has 0 aromatic heterocycles. The van der Waals surface area contributed by atoms with E-state index in [-0.39, 0.29) is 11.6 Å². The minimum absolute atomic E-state index is 0.0407. The highest BCUT2D eigenvalue weighted by atomic mass is 32.2. The monoisotopic (exact) mass is 317 g/mol. The van der Waals surface area contributed by atoms with Crippen molar-refractivity contribution >= 4 is 22.7 Å². The third-order valence-corrected chi connectivity index (χ3v) is 5.37. The van der Waals surface area contributed by atoms with Crippen molar-refractivity contribution in [2.24, 2.45) is 10.7 Å². The molecule has 1 aromatic carbocycles. The van der Waals surface area contributed by atoms with Gasteiger partial charge in [0, 0.05) is 12.2 Å². The molecule has 0 spiro atoms. The third-order valence-electron chi connectivity index (χ3n) is 4.57. The normalized spacial score (nSPS) is 28.4. The van der Waals surface area contributed by atoms with E-state index >= 15 is 0 Å². The highest BCUT2D eigenvalue weighted by Gasteiger charge is 2.30. The van der Waals surface area contributed by atoms with Crippen LogP contribution in [0.1, 0.15) is 37.3 Å². The fourth-order valence-corrected chi connectivity index (χ4v) is 4.17. The van der Waals surface area contributed by atoms with Crippen LogP contribution in [-0.4, -0.2) is 29.3 Å². The minimum Gasteiger partial charge on any atom is -0.379 e. The van der Waals surface area contributed by atoms with Gasteiger partial charge in [-0.2, -0.15) is 0 Å². The number of hydrogen-bond acceptors (Lipinski definition) is 5. The number of nitrogens with one attached hydrogen (secondary N) is 1. The molecule has 3 rings (SSSR count). The Kier molecular flexibility index (Phi) is 4.54. The first-order valence-corrected chi connectivity index (χ1v) is 8.89. The van der Waals surface area contributed by atoms with E-state index in [1.165, 1.54) is 0 Å². The number of thioether (sulfide) groups is 1. The van der Waals surface area contributed by atoms with Gasteiger partial charge in [0.05, 0.1) is 11.6 Å². The van der Waals surface area contributed by atoms with E-state index in [0.29, 0.717) is 17.4 Å². The van der Waals surface area contributed by atoms with Gasteiger partial charge in [-0.1, -0.05) is 36.0 Å². The van der Waals surface area contributed by atoms with Gasteiger partial charge < -0.3 is 11.1 Å². The fourth-order valence-electron chi connectivity index (χ4n) is 3.19. The van der Waals surface area contributed by atoms with Gasteiger partial charge in [-0.3, -0.25) is 9.79 Å². The molecule has 0 radical (unpaired) electrons. The second kappa shape index (κ2) is 6.42. The van der Waals surface area contributed by atoms with Gasteiger partial charge in [0.15, 0.2) is 11.0 Å². The minimum atomic E-state index is -0.264. The zero-order valence-corrected chi connectivity index (χ0v) is 13.8. The highest BCUT2D eigenvalue weighted by Crippen LogP contribution is 2.35. The maximum absolute atomic E-state index is 12.3. The van der Waals surface area contributed by atoms with Crippen molar-refractivity contribution in [3.05, 3.63) is 35.4 Å². The standard InChI is InChI=1S/C17H23N3OS/c1-17(7-9-22-16(18)20-17)13-5-2-4-12(10-13)11-15(21)14-6-3-8-19-14/h2,4-5,10,14,19H,3,6-9,11H2,1H3,(H2,18,20)/t14-,17+/m1/s1. The maximum atomic E-state index is 12.3. The SMILES string of the molecule is C[C@@]1(c2cccc(CC(=O)[C@H]3CCCN3)c2)CCSC(N)=N1. The van der Waals surface area contributed by atoms with Crippen molar-refractivity contribution in [3.63, 3.8) is 0 Å². The maximum Gasteiger partial charge on any atom is 0.154 e. The van der Waals surface area contributed by atoms with Crippen LogP contribution in [-0.2, 0) is 16.8 Å². The zero-order valence-electron chi connectivity index (χ0n) is 13.0. The summed E-state index contributed by atoms with van der Waals surface area (Å²) >= 11 is 1.61. The van der Waals surface area contributed by atoms with E-state index < -0.39 is 0 Å². The molecule has 2 atom stereocenters. The van der Waals surface area contributed by atoms with Crippen molar-refractivity contribution in [2.45, 2.75) is 44.2 Å². The van der Waals surface area contributed by atoms with Gasteiger partial charge in [-0.15, -0.1) is 0 Å². The number of Topliss-reactive ketones (excluding diaryl/α,β-unsaturated/α-hetero) is 1. The van der Waals surface area contributed by atoms with E-state index in [1.807, 2.05) is 12.1 Å². The summed E-state index contributed by atoms with van der Waals surface area (Å²) in [4.78, 5) is 17.0. The number of carbonyl (C=O) groups excluding carboxylic acids is 1. The van der Waals surface area contributed by atoms with Crippen LogP contribution >= 0.6 is 11.8 Å². The van der Waals surface area contributed by atoms with Crippen molar-refractivity contribution in [1.29, 1.82) is 0 Å². The fraction of sp³-hybridized carbons (Fsp3) is 0.529. The number of aliphatic imine (C=N–C) groups is 1. The van der Waals surface area contributed by atoms with Crippen molar-refractivity contribution in [2.75, 3.05) is 12.3 Å². The molecule has 0 unspecified atom stereocenters. The molecule has 2 aliphatic heterocycles. The average Bonchev–Trinajstić information content (AvgIpc) is 3.01. The largest absolute Gasteiger partial charge is 0.379 e. The smallest absolute Gasteiger partial charge is 0.154 e. The molecule has 0 amide bonds. The Morgan fingerprint density at radius 2 is 2.41 bits per heavy atom. The van der Waals surface area contributed by atoms with Crippen molar-refractivity contribution < 1.29 is 4.79 Å². The van der Waals surface area contributed by atoms with Crippen LogP contribution in [0.2, 0.25) is 0 Å². The van der Waals surface area contributed by atoms with E-state index in [2.05, 4.69) is 29.4 Å². The molecule has 5 heteroatoms. The molecule has 2 aliphatic rings. The Morgan fingerprint density at radius 1 is 1.55 bits per heavy atom. The topological polar surface area (TPSA) is 67.5 Å². The van der Waals surface area contributed by atoms with Crippen LogP contribution < -0.4 is 11.1 Å². The third kappa shape index (κ3) is 3.36. The zero-order chi connectivity index (χ0) is 15.6. The first-order chi connectivity index (χ1) is 10.6. The first kappa shape index (κ1) is 15.6. The van der Waals surface area contributed by atoms with Crippen LogP contribution in [0.3, 0.4) is 0 Å². The van der Waals surface area contributed by atoms with Gasteiger partial charge in [-0.05, 0) is 43.9 Å². The summed E-state index contributed by atoms with van der Waals surface area (Å²) in [5.41, 5.74) is 7.86. The number of carbonyl (C=O) groups is 1. The highest BCUT2D eigenvalue weighted by molar-refractivity contribution is 8.13. The number of rotatable bonds is 4. The lowest BCUT2D eigenvalue weighted by atomic mass is 9.88. The lowest BCUT2D eigenvalue weighted by Crippen LogP contribution is -2.32. The predicted molar refractivity (Wildman–Crippen MR) is 92.2 cm³/mol. The Morgan fingerprint density at radius 3 is 3.14 bits per heavy atom. The molecule has 3 N–H and O–H groups in total. The van der Waals surface area contributed by atoms with Gasteiger partial charge in [-0.25, -0.2) is 0 Å². The molecule has 0 bridgehead atoms. The van der Waals surface area contributed by atoms with E-state index in [9.17, 15) is 4.79 Å². The Balaban J connectivity index is 1.77. The summed E-state index contributed by atoms with van der Waals surface area (Å²) in [5.74, 6) is 1.28. The number of ketones is 1. The first-order valence-electron chi connectivity index (χ1n) is 7.90. The molecule has 1 fully saturated rings. The number of amidine groups is 1. The van der Waals surface area contributed by atoms with Gasteiger partial charge in [0.2, 0.25) is 0 Å². The number of nitrogens with zero attached hydrogens (tertiary/aromatic N) is 1. The molecular weight excluding hydrogens is 294 g/mol. The summed E-state index contributed by atoms with van der Waals surface area (Å²) in [5, 5.41) is 3.93. The molecule has 118 valence electrons. The van der Waals surface area contributed by atoms with E-state index in [0.717, 1.165) is 42.7 Å². The van der Waals surface area contributed by atoms with E-state index in [4.69, 9.17) is 5.73 Å². The Bertz CT molecular complexity index is 595. The molecule has 1 saturated heterocycles. The molecule has 22 heavy (non-hydrogen) atoms. The van der Waals surface area contributed by atoms with Gasteiger partial charge in [0.1, 0.15) is 0 Å². The summed E-state index contributed by atoms with van der Waals surface area (Å²) in [6.45, 7) is 3.08. The van der Waals surface area contributed by atoms with Crippen molar-refractivity contribution in [3.8, 4) is 0 Å². The second-order valence-corrected chi connectivity index (χ2v) is 7.43. The summed E-state index contributed by atoms with van der Waals surface area (Å²) in [6.07, 6.45) is 3.53. The lowest BCUT2D eigenvalue weighted by Gasteiger charge is -2.30.